The van der Waals surface area contributed by atoms with E-state index in [1.165, 1.54) is 4.90 Å². The molecule has 1 aromatic carbocycles. The fourth-order valence-electron chi connectivity index (χ4n) is 1.85. The van der Waals surface area contributed by atoms with Crippen molar-refractivity contribution in [3.8, 4) is 0 Å². The molecule has 0 radical (unpaired) electrons. The minimum atomic E-state index is -0.939. The number of nitrogens with one attached hydrogen (secondary N) is 1. The van der Waals surface area contributed by atoms with Gasteiger partial charge < -0.3 is 15.3 Å². The number of nitrogens with zero attached hydrogens (tertiary/aromatic N) is 1. The number of carboxylic acids is 1. The van der Waals surface area contributed by atoms with Crippen LogP contribution in [0.25, 0.3) is 0 Å². The number of carboxylic acid groups (broad SMARTS) is 1. The Hall–Kier alpha value is -1.75. The minimum absolute atomic E-state index is 0.105. The van der Waals surface area contributed by atoms with Crippen LogP contribution in [0.1, 0.15) is 32.8 Å². The highest BCUT2D eigenvalue weighted by Crippen LogP contribution is 2.24. The molecule has 0 aliphatic carbocycles. The van der Waals surface area contributed by atoms with Crippen molar-refractivity contribution in [3.05, 3.63) is 28.8 Å². The number of halogens is 1. The minimum Gasteiger partial charge on any atom is -0.481 e. The lowest BCUT2D eigenvalue weighted by Crippen LogP contribution is -2.48. The molecule has 0 aromatic heterocycles. The molecule has 0 saturated heterocycles. The number of anilines is 1. The van der Waals surface area contributed by atoms with Crippen molar-refractivity contribution in [2.24, 2.45) is 0 Å². The van der Waals surface area contributed by atoms with Gasteiger partial charge in [-0.15, -0.1) is 0 Å². The highest BCUT2D eigenvalue weighted by Gasteiger charge is 2.27. The number of benzene rings is 1. The summed E-state index contributed by atoms with van der Waals surface area (Å²) in [5.74, 6) is -0.939. The number of amides is 2. The van der Waals surface area contributed by atoms with E-state index < -0.39 is 11.5 Å². The van der Waals surface area contributed by atoms with Gasteiger partial charge >= 0.3 is 12.0 Å². The van der Waals surface area contributed by atoms with E-state index in [1.807, 2.05) is 33.8 Å². The number of urea groups is 1. The summed E-state index contributed by atoms with van der Waals surface area (Å²) in [5, 5.41) is 12.0. The monoisotopic (exact) mass is 312 g/mol. The molecule has 5 nitrogen and oxygen atoms in total. The van der Waals surface area contributed by atoms with Crippen LogP contribution >= 0.6 is 11.6 Å². The molecule has 6 heteroatoms. The molecule has 1 aromatic rings. The topological polar surface area (TPSA) is 69.6 Å². The van der Waals surface area contributed by atoms with Crippen LogP contribution in [0, 0.1) is 6.92 Å². The molecule has 0 atom stereocenters. The quantitative estimate of drug-likeness (QED) is 0.889. The Morgan fingerprint density at radius 2 is 1.95 bits per heavy atom. The van der Waals surface area contributed by atoms with Gasteiger partial charge in [0.2, 0.25) is 0 Å². The van der Waals surface area contributed by atoms with Crippen molar-refractivity contribution in [3.63, 3.8) is 0 Å². The molecule has 116 valence electrons. The Bertz CT molecular complexity index is 538. The van der Waals surface area contributed by atoms with Crippen molar-refractivity contribution < 1.29 is 14.7 Å². The van der Waals surface area contributed by atoms with Gasteiger partial charge in [0.15, 0.2) is 0 Å². The van der Waals surface area contributed by atoms with E-state index in [0.717, 1.165) is 5.56 Å². The van der Waals surface area contributed by atoms with Gasteiger partial charge in [0.1, 0.15) is 0 Å². The molecule has 0 spiro atoms. The van der Waals surface area contributed by atoms with Gasteiger partial charge in [-0.2, -0.15) is 0 Å². The molecule has 0 unspecified atom stereocenters. The van der Waals surface area contributed by atoms with Crippen LogP contribution in [-0.2, 0) is 4.79 Å². The van der Waals surface area contributed by atoms with Gasteiger partial charge in [0, 0.05) is 12.1 Å². The van der Waals surface area contributed by atoms with Crippen LogP contribution in [-0.4, -0.2) is 34.1 Å². The number of hydrogen-bond acceptors (Lipinski definition) is 2. The largest absolute Gasteiger partial charge is 0.481 e. The van der Waals surface area contributed by atoms with E-state index in [2.05, 4.69) is 5.32 Å². The predicted molar refractivity (Wildman–Crippen MR) is 83.9 cm³/mol. The van der Waals surface area contributed by atoms with Gasteiger partial charge in [0.25, 0.3) is 0 Å². The zero-order valence-electron chi connectivity index (χ0n) is 12.7. The standard InChI is InChI=1S/C15H21ClN2O3/c1-10-5-6-12(11(16)9-10)17-14(21)18(15(2,3)4)8-7-13(19)20/h5-6,9H,7-8H2,1-4H3,(H,17,21)(H,19,20). The molecule has 0 fully saturated rings. The van der Waals surface area contributed by atoms with Crippen molar-refractivity contribution in [2.45, 2.75) is 39.7 Å². The number of aryl methyl sites for hydroxylation is 1. The lowest BCUT2D eigenvalue weighted by molar-refractivity contribution is -0.137. The lowest BCUT2D eigenvalue weighted by Gasteiger charge is -2.35. The number of carbonyl (C=O) groups excluding carboxylic acids is 1. The van der Waals surface area contributed by atoms with Gasteiger partial charge in [-0.3, -0.25) is 4.79 Å². The second-order valence-electron chi connectivity index (χ2n) is 5.88. The second-order valence-corrected chi connectivity index (χ2v) is 6.29. The van der Waals surface area contributed by atoms with Crippen molar-refractivity contribution in [1.82, 2.24) is 4.90 Å². The average Bonchev–Trinajstić information content (AvgIpc) is 2.30. The average molecular weight is 313 g/mol. The Kier molecular flexibility index (Phi) is 5.61. The van der Waals surface area contributed by atoms with E-state index in [4.69, 9.17) is 16.7 Å². The Balaban J connectivity index is 2.88. The summed E-state index contributed by atoms with van der Waals surface area (Å²) >= 11 is 6.09. The van der Waals surface area contributed by atoms with Crippen LogP contribution in [0.2, 0.25) is 5.02 Å². The summed E-state index contributed by atoms with van der Waals surface area (Å²) in [4.78, 5) is 24.6. The van der Waals surface area contributed by atoms with Crippen LogP contribution in [0.15, 0.2) is 18.2 Å². The molecule has 0 bridgehead atoms. The van der Waals surface area contributed by atoms with Crippen LogP contribution in [0.3, 0.4) is 0 Å². The number of aliphatic carboxylic acids is 1. The normalized spacial score (nSPS) is 11.1. The number of hydrogen-bond donors (Lipinski definition) is 2. The van der Waals surface area contributed by atoms with Gasteiger partial charge in [-0.05, 0) is 45.4 Å². The zero-order chi connectivity index (χ0) is 16.2. The fourth-order valence-corrected chi connectivity index (χ4v) is 2.14. The maximum Gasteiger partial charge on any atom is 0.322 e. The molecule has 0 saturated carbocycles. The number of rotatable bonds is 4. The maximum absolute atomic E-state index is 12.4. The Labute approximate surface area is 129 Å². The molecular formula is C15H21ClN2O3. The van der Waals surface area contributed by atoms with E-state index >= 15 is 0 Å². The maximum atomic E-state index is 12.4. The highest BCUT2D eigenvalue weighted by molar-refractivity contribution is 6.33. The predicted octanol–water partition coefficient (Wildman–Crippen LogP) is 3.76. The van der Waals surface area contributed by atoms with E-state index in [1.54, 1.807) is 12.1 Å². The first-order valence-corrected chi connectivity index (χ1v) is 7.05. The van der Waals surface area contributed by atoms with Crippen molar-refractivity contribution in [1.29, 1.82) is 0 Å². The molecule has 0 heterocycles. The van der Waals surface area contributed by atoms with E-state index in [0.29, 0.717) is 10.7 Å². The molecule has 0 aliphatic heterocycles. The van der Waals surface area contributed by atoms with Crippen molar-refractivity contribution in [2.75, 3.05) is 11.9 Å². The third kappa shape index (κ3) is 5.27. The summed E-state index contributed by atoms with van der Waals surface area (Å²) in [7, 11) is 0. The van der Waals surface area contributed by atoms with Gasteiger partial charge in [-0.1, -0.05) is 17.7 Å². The van der Waals surface area contributed by atoms with Crippen LogP contribution in [0.5, 0.6) is 0 Å². The summed E-state index contributed by atoms with van der Waals surface area (Å²) in [6.45, 7) is 7.60. The SMILES string of the molecule is Cc1ccc(NC(=O)N(CCC(=O)O)C(C)(C)C)c(Cl)c1. The van der Waals surface area contributed by atoms with Gasteiger partial charge in [0.05, 0.1) is 17.1 Å². The van der Waals surface area contributed by atoms with E-state index in [9.17, 15) is 9.59 Å². The highest BCUT2D eigenvalue weighted by atomic mass is 35.5. The first kappa shape index (κ1) is 17.3. The Morgan fingerprint density at radius 1 is 1.33 bits per heavy atom. The molecule has 2 amide bonds. The first-order chi connectivity index (χ1) is 9.61. The molecule has 2 N–H and O–H groups in total. The first-order valence-electron chi connectivity index (χ1n) is 6.68. The third-order valence-corrected chi connectivity index (χ3v) is 3.28. The third-order valence-electron chi connectivity index (χ3n) is 2.97. The zero-order valence-corrected chi connectivity index (χ0v) is 13.5. The fraction of sp³-hybridized carbons (Fsp3) is 0.467. The summed E-state index contributed by atoms with van der Waals surface area (Å²) in [5.41, 5.74) is 1.02. The summed E-state index contributed by atoms with van der Waals surface area (Å²) < 4.78 is 0. The van der Waals surface area contributed by atoms with E-state index in [-0.39, 0.29) is 19.0 Å². The molecule has 1 rings (SSSR count). The van der Waals surface area contributed by atoms with Crippen LogP contribution < -0.4 is 5.32 Å². The summed E-state index contributed by atoms with van der Waals surface area (Å²) in [6.07, 6.45) is -0.105. The Morgan fingerprint density at radius 3 is 2.43 bits per heavy atom. The number of carbonyl (C=O) groups is 2. The summed E-state index contributed by atoms with van der Waals surface area (Å²) in [6, 6.07) is 4.97. The molecule has 0 aliphatic rings. The molecular weight excluding hydrogens is 292 g/mol. The molecule has 21 heavy (non-hydrogen) atoms. The smallest absolute Gasteiger partial charge is 0.322 e. The van der Waals surface area contributed by atoms with Crippen LogP contribution in [0.4, 0.5) is 10.5 Å². The lowest BCUT2D eigenvalue weighted by atomic mass is 10.1. The van der Waals surface area contributed by atoms with Crippen molar-refractivity contribution >= 4 is 29.3 Å². The van der Waals surface area contributed by atoms with Gasteiger partial charge in [-0.25, -0.2) is 4.79 Å². The second kappa shape index (κ2) is 6.80.